The second-order valence-corrected chi connectivity index (χ2v) is 10.0. The van der Waals surface area contributed by atoms with Crippen molar-refractivity contribution in [2.24, 2.45) is 7.05 Å². The Kier molecular flexibility index (Phi) is 7.97. The molecule has 41 heavy (non-hydrogen) atoms. The van der Waals surface area contributed by atoms with E-state index in [2.05, 4.69) is 11.0 Å². The van der Waals surface area contributed by atoms with Gasteiger partial charge in [-0.2, -0.15) is 5.26 Å². The van der Waals surface area contributed by atoms with Gasteiger partial charge in [-0.05, 0) is 62.1 Å². The average Bonchev–Trinajstić information content (AvgIpc) is 3.35. The van der Waals surface area contributed by atoms with Crippen LogP contribution in [0.4, 0.5) is 10.6 Å². The van der Waals surface area contributed by atoms with Gasteiger partial charge in [0.1, 0.15) is 11.3 Å². The first-order chi connectivity index (χ1) is 19.8. The zero-order valence-corrected chi connectivity index (χ0v) is 23.4. The lowest BCUT2D eigenvalue weighted by molar-refractivity contribution is -0.0811. The summed E-state index contributed by atoms with van der Waals surface area (Å²) in [6.45, 7) is 5.30. The van der Waals surface area contributed by atoms with Gasteiger partial charge in [-0.3, -0.25) is 4.79 Å². The number of benzene rings is 2. The highest BCUT2D eigenvalue weighted by atomic mass is 16.8. The Labute approximate surface area is 237 Å². The van der Waals surface area contributed by atoms with Crippen LogP contribution in [-0.4, -0.2) is 47.2 Å². The monoisotopic (exact) mass is 556 g/mol. The molecular formula is C31H32N4O6. The van der Waals surface area contributed by atoms with Gasteiger partial charge in [0, 0.05) is 37.8 Å². The first-order valence-electron chi connectivity index (χ1n) is 13.8. The number of carbonyl (C=O) groups is 2. The number of piperidine rings is 1. The average molecular weight is 557 g/mol. The highest BCUT2D eigenvalue weighted by molar-refractivity contribution is 6.09. The number of fused-ring (bicyclic) bond motifs is 3. The molecule has 0 amide bonds. The van der Waals surface area contributed by atoms with Gasteiger partial charge in [0.05, 0.1) is 35.9 Å². The van der Waals surface area contributed by atoms with Crippen molar-refractivity contribution in [2.75, 3.05) is 24.6 Å². The summed E-state index contributed by atoms with van der Waals surface area (Å²) in [6, 6.07) is 16.7. The standard InChI is InChI=1S/C31H32N4O6/c1-4-39-31(38)41-20(2)40-30(37)21-12-13-26-24(16-21)25-17-27(34-14-8-5-9-15-34)35(28(25)29(36)33(26)3)19-23-11-7-6-10-22(23)18-32/h6-7,10-13,16-17,20H,4-5,8-9,14-15,19H2,1-3H3. The van der Waals surface area contributed by atoms with Crippen LogP contribution in [0.1, 0.15) is 54.6 Å². The Bertz CT molecular complexity index is 1720. The molecule has 0 aliphatic carbocycles. The predicted molar refractivity (Wildman–Crippen MR) is 154 cm³/mol. The van der Waals surface area contributed by atoms with Gasteiger partial charge in [-0.1, -0.05) is 18.2 Å². The van der Waals surface area contributed by atoms with Crippen LogP contribution in [0.2, 0.25) is 0 Å². The number of aryl methyl sites for hydroxylation is 1. The zero-order chi connectivity index (χ0) is 29.1. The minimum absolute atomic E-state index is 0.139. The van der Waals surface area contributed by atoms with Crippen LogP contribution < -0.4 is 10.5 Å². The molecule has 5 rings (SSSR count). The van der Waals surface area contributed by atoms with E-state index < -0.39 is 18.4 Å². The number of ether oxygens (including phenoxy) is 3. The summed E-state index contributed by atoms with van der Waals surface area (Å²) in [6.07, 6.45) is 1.19. The molecule has 1 aliphatic rings. The van der Waals surface area contributed by atoms with E-state index in [0.717, 1.165) is 43.7 Å². The fraction of sp³-hybridized carbons (Fsp3) is 0.355. The second-order valence-electron chi connectivity index (χ2n) is 10.0. The quantitative estimate of drug-likeness (QED) is 0.229. The molecule has 1 aliphatic heterocycles. The molecule has 10 nitrogen and oxygen atoms in total. The number of nitriles is 1. The van der Waals surface area contributed by atoms with Gasteiger partial charge in [0.2, 0.25) is 6.29 Å². The molecular weight excluding hydrogens is 524 g/mol. The Hall–Kier alpha value is -4.78. The van der Waals surface area contributed by atoms with Crippen LogP contribution in [0.25, 0.3) is 21.8 Å². The van der Waals surface area contributed by atoms with Crippen molar-refractivity contribution >= 4 is 39.7 Å². The van der Waals surface area contributed by atoms with Gasteiger partial charge < -0.3 is 28.2 Å². The number of esters is 1. The van der Waals surface area contributed by atoms with Gasteiger partial charge in [0.25, 0.3) is 5.56 Å². The number of nitrogens with zero attached hydrogens (tertiary/aromatic N) is 4. The van der Waals surface area contributed by atoms with E-state index in [1.807, 2.05) is 28.8 Å². The highest BCUT2D eigenvalue weighted by Gasteiger charge is 2.24. The van der Waals surface area contributed by atoms with Crippen LogP contribution in [0.3, 0.4) is 0 Å². The zero-order valence-electron chi connectivity index (χ0n) is 23.4. The molecule has 1 saturated heterocycles. The predicted octanol–water partition coefficient (Wildman–Crippen LogP) is 5.08. The first-order valence-corrected chi connectivity index (χ1v) is 13.8. The number of carbonyl (C=O) groups excluding carboxylic acids is 2. The third-order valence-electron chi connectivity index (χ3n) is 7.41. The number of rotatable bonds is 7. The van der Waals surface area contributed by atoms with Crippen LogP contribution in [0.5, 0.6) is 0 Å². The van der Waals surface area contributed by atoms with Gasteiger partial charge in [-0.25, -0.2) is 9.59 Å². The first kappa shape index (κ1) is 27.8. The normalized spacial score (nSPS) is 14.0. The fourth-order valence-corrected chi connectivity index (χ4v) is 5.42. The van der Waals surface area contributed by atoms with E-state index in [1.165, 1.54) is 6.92 Å². The molecule has 212 valence electrons. The van der Waals surface area contributed by atoms with Gasteiger partial charge >= 0.3 is 12.1 Å². The molecule has 0 spiro atoms. The topological polar surface area (TPSA) is 116 Å². The Balaban J connectivity index is 1.64. The third-order valence-corrected chi connectivity index (χ3v) is 7.41. The molecule has 3 heterocycles. The summed E-state index contributed by atoms with van der Waals surface area (Å²) in [5.41, 5.74) is 2.62. The number of hydrogen-bond donors (Lipinski definition) is 0. The van der Waals surface area contributed by atoms with Crippen molar-refractivity contribution in [3.63, 3.8) is 0 Å². The lowest BCUT2D eigenvalue weighted by Gasteiger charge is -2.29. The summed E-state index contributed by atoms with van der Waals surface area (Å²) in [7, 11) is 1.71. The van der Waals surface area contributed by atoms with Crippen molar-refractivity contribution in [3.8, 4) is 6.07 Å². The van der Waals surface area contributed by atoms with Crippen molar-refractivity contribution < 1.29 is 23.8 Å². The van der Waals surface area contributed by atoms with Crippen molar-refractivity contribution in [2.45, 2.75) is 45.9 Å². The summed E-state index contributed by atoms with van der Waals surface area (Å²) >= 11 is 0. The second kappa shape index (κ2) is 11.8. The SMILES string of the molecule is CCOC(=O)OC(C)OC(=O)c1ccc2c(c1)c1cc(N3CCCCC3)n(Cc3ccccc3C#N)c1c(=O)n2C. The number of hydrogen-bond acceptors (Lipinski definition) is 8. The number of anilines is 1. The minimum atomic E-state index is -1.15. The molecule has 4 aromatic rings. The van der Waals surface area contributed by atoms with Crippen molar-refractivity contribution in [1.29, 1.82) is 5.26 Å². The number of pyridine rings is 1. The molecule has 2 aromatic carbocycles. The van der Waals surface area contributed by atoms with Gasteiger partial charge in [0.15, 0.2) is 0 Å². The lowest BCUT2D eigenvalue weighted by Crippen LogP contribution is -2.32. The van der Waals surface area contributed by atoms with E-state index in [4.69, 9.17) is 14.2 Å². The largest absolute Gasteiger partial charge is 0.511 e. The van der Waals surface area contributed by atoms with Crippen LogP contribution in [-0.2, 0) is 27.8 Å². The molecule has 0 radical (unpaired) electrons. The molecule has 1 atom stereocenters. The third kappa shape index (κ3) is 5.48. The Morgan fingerprint density at radius 2 is 1.78 bits per heavy atom. The van der Waals surface area contributed by atoms with Crippen LogP contribution in [0, 0.1) is 11.3 Å². The summed E-state index contributed by atoms with van der Waals surface area (Å²) in [4.78, 5) is 40.7. The molecule has 1 fully saturated rings. The molecule has 1 unspecified atom stereocenters. The molecule has 0 saturated carbocycles. The van der Waals surface area contributed by atoms with E-state index in [-0.39, 0.29) is 17.7 Å². The smallest absolute Gasteiger partial charge is 0.435 e. The molecule has 0 bridgehead atoms. The molecule has 0 N–H and O–H groups in total. The van der Waals surface area contributed by atoms with E-state index >= 15 is 0 Å². The summed E-state index contributed by atoms with van der Waals surface area (Å²) in [5.74, 6) is 0.228. The maximum Gasteiger partial charge on any atom is 0.511 e. The van der Waals surface area contributed by atoms with Crippen molar-refractivity contribution in [3.05, 3.63) is 75.6 Å². The van der Waals surface area contributed by atoms with Crippen LogP contribution >= 0.6 is 0 Å². The van der Waals surface area contributed by atoms with Crippen LogP contribution in [0.15, 0.2) is 53.3 Å². The minimum Gasteiger partial charge on any atom is -0.435 e. The summed E-state index contributed by atoms with van der Waals surface area (Å²) in [5, 5.41) is 11.1. The van der Waals surface area contributed by atoms with Crippen molar-refractivity contribution in [1.82, 2.24) is 9.13 Å². The highest BCUT2D eigenvalue weighted by Crippen LogP contribution is 2.33. The summed E-state index contributed by atoms with van der Waals surface area (Å²) < 4.78 is 18.6. The van der Waals surface area contributed by atoms with E-state index in [1.54, 1.807) is 42.8 Å². The van der Waals surface area contributed by atoms with Gasteiger partial charge in [-0.15, -0.1) is 0 Å². The molecule has 2 aromatic heterocycles. The Morgan fingerprint density at radius 3 is 2.51 bits per heavy atom. The lowest BCUT2D eigenvalue weighted by atomic mass is 10.1. The van der Waals surface area contributed by atoms with E-state index in [0.29, 0.717) is 33.9 Å². The maximum atomic E-state index is 13.8. The van der Waals surface area contributed by atoms with E-state index in [9.17, 15) is 19.6 Å². The fourth-order valence-electron chi connectivity index (χ4n) is 5.42. The number of aromatic nitrogens is 2. The molecule has 10 heteroatoms. The maximum absolute atomic E-state index is 13.8. The Morgan fingerprint density at radius 1 is 1.02 bits per heavy atom.